The van der Waals surface area contributed by atoms with E-state index in [1.807, 2.05) is 10.6 Å². The van der Waals surface area contributed by atoms with E-state index in [9.17, 15) is 35.9 Å². The van der Waals surface area contributed by atoms with Crippen LogP contribution >= 0.6 is 23.2 Å². The lowest BCUT2D eigenvalue weighted by Crippen LogP contribution is -2.43. The maximum absolute atomic E-state index is 12.7. The van der Waals surface area contributed by atoms with Crippen molar-refractivity contribution in [2.24, 2.45) is 0 Å². The van der Waals surface area contributed by atoms with E-state index in [0.717, 1.165) is 36.4 Å². The fourth-order valence-corrected chi connectivity index (χ4v) is 2.26. The lowest BCUT2D eigenvalue weighted by Gasteiger charge is -2.19. The molecule has 156 valence electrons. The highest BCUT2D eigenvalue weighted by Gasteiger charge is 2.43. The number of alkyl halides is 8. The Hall–Kier alpha value is -2.46. The number of anilines is 2. The fraction of sp³-hybridized carbons (Fsp3) is 0.176. The molecule has 0 heterocycles. The summed E-state index contributed by atoms with van der Waals surface area (Å²) in [5, 5.41) is 3.91. The van der Waals surface area contributed by atoms with Crippen LogP contribution in [-0.2, 0) is 21.9 Å². The lowest BCUT2D eigenvalue weighted by molar-refractivity contribution is -0.138. The van der Waals surface area contributed by atoms with E-state index in [4.69, 9.17) is 23.2 Å². The Balaban J connectivity index is 2.15. The van der Waals surface area contributed by atoms with Gasteiger partial charge in [0.05, 0.1) is 11.1 Å². The average Bonchev–Trinajstić information content (AvgIpc) is 2.60. The van der Waals surface area contributed by atoms with Crippen LogP contribution in [-0.4, -0.2) is 16.1 Å². The number of halogens is 8. The van der Waals surface area contributed by atoms with E-state index < -0.39 is 39.6 Å². The smallest absolute Gasteiger partial charge is 0.323 e. The largest absolute Gasteiger partial charge is 0.416 e. The molecule has 4 nitrogen and oxygen atoms in total. The first kappa shape index (κ1) is 22.8. The minimum absolute atomic E-state index is 0.345. The van der Waals surface area contributed by atoms with Gasteiger partial charge in [-0.25, -0.2) is 0 Å². The van der Waals surface area contributed by atoms with E-state index in [1.165, 1.54) is 0 Å². The molecule has 12 heteroatoms. The van der Waals surface area contributed by atoms with Crippen LogP contribution in [0.1, 0.15) is 11.1 Å². The number of carbonyl (C=O) groups excluding carboxylic acids is 2. The number of amides is 2. The fourth-order valence-electron chi connectivity index (χ4n) is 2.07. The summed E-state index contributed by atoms with van der Waals surface area (Å²) in [6, 6.07) is 6.90. The average molecular weight is 459 g/mol. The van der Waals surface area contributed by atoms with Crippen molar-refractivity contribution in [3.8, 4) is 0 Å². The van der Waals surface area contributed by atoms with Gasteiger partial charge in [0.15, 0.2) is 0 Å². The highest BCUT2D eigenvalue weighted by atomic mass is 35.5. The molecule has 0 saturated heterocycles. The number of benzene rings is 2. The van der Waals surface area contributed by atoms with Crippen molar-refractivity contribution in [3.63, 3.8) is 0 Å². The van der Waals surface area contributed by atoms with Gasteiger partial charge in [-0.3, -0.25) is 9.59 Å². The van der Waals surface area contributed by atoms with Crippen molar-refractivity contribution in [1.82, 2.24) is 0 Å². The quantitative estimate of drug-likeness (QED) is 0.362. The van der Waals surface area contributed by atoms with Gasteiger partial charge in [0, 0.05) is 11.4 Å². The summed E-state index contributed by atoms with van der Waals surface area (Å²) in [6.45, 7) is 0. The van der Waals surface area contributed by atoms with Crippen LogP contribution < -0.4 is 10.6 Å². The molecule has 0 fully saturated rings. The lowest BCUT2D eigenvalue weighted by atomic mass is 10.2. The van der Waals surface area contributed by atoms with Gasteiger partial charge in [0.25, 0.3) is 16.1 Å². The van der Waals surface area contributed by atoms with Gasteiger partial charge in [-0.1, -0.05) is 35.3 Å². The molecule has 2 N–H and O–H groups in total. The molecule has 0 spiro atoms. The highest BCUT2D eigenvalue weighted by Crippen LogP contribution is 2.33. The third-order valence-corrected chi connectivity index (χ3v) is 4.15. The van der Waals surface area contributed by atoms with Gasteiger partial charge in [0.2, 0.25) is 0 Å². The molecular weight excluding hydrogens is 449 g/mol. The number of nitrogens with one attached hydrogen (secondary N) is 2. The molecule has 2 rings (SSSR count). The summed E-state index contributed by atoms with van der Waals surface area (Å²) >= 11 is 11.4. The number of hydrogen-bond acceptors (Lipinski definition) is 2. The first-order valence-electron chi connectivity index (χ1n) is 7.56. The highest BCUT2D eigenvalue weighted by molar-refractivity contribution is 6.69. The van der Waals surface area contributed by atoms with E-state index in [1.54, 1.807) is 0 Å². The zero-order valence-electron chi connectivity index (χ0n) is 14.0. The summed E-state index contributed by atoms with van der Waals surface area (Å²) in [5.41, 5.74) is -2.83. The molecule has 0 atom stereocenters. The predicted octanol–water partition coefficient (Wildman–Crippen LogP) is 5.48. The molecule has 0 aliphatic heterocycles. The van der Waals surface area contributed by atoms with Crippen molar-refractivity contribution in [3.05, 3.63) is 59.7 Å². The molecule has 0 aliphatic carbocycles. The van der Waals surface area contributed by atoms with Crippen LogP contribution in [0.4, 0.5) is 37.7 Å². The molecule has 29 heavy (non-hydrogen) atoms. The van der Waals surface area contributed by atoms with Gasteiger partial charge in [-0.05, 0) is 36.4 Å². The Morgan fingerprint density at radius 3 is 1.34 bits per heavy atom. The topological polar surface area (TPSA) is 58.2 Å². The van der Waals surface area contributed by atoms with Crippen LogP contribution in [0.3, 0.4) is 0 Å². The van der Waals surface area contributed by atoms with Gasteiger partial charge in [-0.2, -0.15) is 26.3 Å². The van der Waals surface area contributed by atoms with E-state index in [0.29, 0.717) is 12.1 Å². The SMILES string of the molecule is O=C(Nc1cccc(C(F)(F)F)c1)C(Cl)(Cl)C(=O)Nc1cccc(C(F)(F)F)c1. The first-order valence-corrected chi connectivity index (χ1v) is 8.32. The standard InChI is InChI=1S/C17H10Cl2F6N2O2/c18-15(19,13(28)26-11-5-1-3-9(7-11)16(20,21)22)14(29)27-12-6-2-4-10(8-12)17(23,24)25/h1-8H,(H,26,28)(H,27,29). The van der Waals surface area contributed by atoms with Gasteiger partial charge in [-0.15, -0.1) is 0 Å². The summed E-state index contributed by atoms with van der Waals surface area (Å²) < 4.78 is 73.5. The molecule has 0 unspecified atom stereocenters. The van der Waals surface area contributed by atoms with E-state index >= 15 is 0 Å². The zero-order chi connectivity index (χ0) is 22.0. The molecular formula is C17H10Cl2F6N2O2. The van der Waals surface area contributed by atoms with Crippen LogP contribution in [0.5, 0.6) is 0 Å². The zero-order valence-corrected chi connectivity index (χ0v) is 15.5. The third-order valence-electron chi connectivity index (χ3n) is 3.47. The Bertz CT molecular complexity index is 855. The third kappa shape index (κ3) is 5.77. The molecule has 0 radical (unpaired) electrons. The summed E-state index contributed by atoms with van der Waals surface area (Å²) in [4.78, 5) is 24.3. The van der Waals surface area contributed by atoms with E-state index in [-0.39, 0.29) is 11.4 Å². The molecule has 0 bridgehead atoms. The normalized spacial score (nSPS) is 12.4. The Kier molecular flexibility index (Phi) is 6.39. The van der Waals surface area contributed by atoms with Crippen LogP contribution in [0, 0.1) is 0 Å². The number of rotatable bonds is 4. The molecule has 2 aromatic carbocycles. The maximum atomic E-state index is 12.7. The molecule has 0 aliphatic rings. The summed E-state index contributed by atoms with van der Waals surface area (Å²) in [5.74, 6) is -2.80. The molecule has 2 amide bonds. The molecule has 0 aromatic heterocycles. The Morgan fingerprint density at radius 1 is 0.690 bits per heavy atom. The second-order valence-corrected chi connectivity index (χ2v) is 6.97. The number of hydrogen-bond donors (Lipinski definition) is 2. The Morgan fingerprint density at radius 2 is 1.03 bits per heavy atom. The van der Waals surface area contributed by atoms with Crippen LogP contribution in [0.2, 0.25) is 0 Å². The van der Waals surface area contributed by atoms with E-state index in [2.05, 4.69) is 0 Å². The van der Waals surface area contributed by atoms with Gasteiger partial charge >= 0.3 is 12.4 Å². The van der Waals surface area contributed by atoms with Crippen molar-refractivity contribution >= 4 is 46.4 Å². The maximum Gasteiger partial charge on any atom is 0.416 e. The molecule has 2 aromatic rings. The predicted molar refractivity (Wildman–Crippen MR) is 94.6 cm³/mol. The monoisotopic (exact) mass is 458 g/mol. The second-order valence-electron chi connectivity index (χ2n) is 5.64. The van der Waals surface area contributed by atoms with Crippen molar-refractivity contribution < 1.29 is 35.9 Å². The second kappa shape index (κ2) is 8.11. The van der Waals surface area contributed by atoms with Gasteiger partial charge < -0.3 is 10.6 Å². The minimum Gasteiger partial charge on any atom is -0.323 e. The van der Waals surface area contributed by atoms with Crippen molar-refractivity contribution in [1.29, 1.82) is 0 Å². The minimum atomic E-state index is -4.68. The summed E-state index contributed by atoms with van der Waals surface area (Å²) in [6.07, 6.45) is -9.36. The van der Waals surface area contributed by atoms with Gasteiger partial charge in [0.1, 0.15) is 0 Å². The first-order chi connectivity index (χ1) is 13.2. The van der Waals surface area contributed by atoms with Crippen molar-refractivity contribution in [2.45, 2.75) is 16.7 Å². The van der Waals surface area contributed by atoms with Crippen molar-refractivity contribution in [2.75, 3.05) is 10.6 Å². The molecule has 0 saturated carbocycles. The summed E-state index contributed by atoms with van der Waals surface area (Å²) in [7, 11) is 0. The Labute approximate surface area is 169 Å². The van der Waals surface area contributed by atoms with Crippen LogP contribution in [0.15, 0.2) is 48.5 Å². The number of carbonyl (C=O) groups is 2. The van der Waals surface area contributed by atoms with Crippen LogP contribution in [0.25, 0.3) is 0 Å².